The van der Waals surface area contributed by atoms with Gasteiger partial charge < -0.3 is 9.15 Å². The number of hydrogen-bond donors (Lipinski definition) is 0. The van der Waals surface area contributed by atoms with E-state index in [0.29, 0.717) is 18.1 Å². The number of carbonyl (C=O) groups excluding carboxylic acids is 1. The maximum atomic E-state index is 11.8. The Bertz CT molecular complexity index is 500. The quantitative estimate of drug-likeness (QED) is 0.429. The highest BCUT2D eigenvalue weighted by Crippen LogP contribution is 2.19. The molecule has 1 aromatic heterocycles. The van der Waals surface area contributed by atoms with Crippen LogP contribution in [0.25, 0.3) is 11.0 Å². The third-order valence-electron chi connectivity index (χ3n) is 2.89. The van der Waals surface area contributed by atoms with Gasteiger partial charge in [-0.1, -0.05) is 31.0 Å². The number of furan rings is 1. The fraction of sp³-hybridized carbons (Fsp3) is 0.400. The molecule has 0 aliphatic rings. The zero-order valence-corrected chi connectivity index (χ0v) is 11.5. The molecule has 0 aliphatic carbocycles. The number of para-hydroxylation sites is 1. The van der Waals surface area contributed by atoms with E-state index in [0.717, 1.165) is 31.1 Å². The molecule has 0 N–H and O–H groups in total. The van der Waals surface area contributed by atoms with E-state index >= 15 is 0 Å². The number of halogens is 1. The summed E-state index contributed by atoms with van der Waals surface area (Å²) in [7, 11) is 0. The highest BCUT2D eigenvalue weighted by atomic mass is 35.5. The minimum absolute atomic E-state index is 0.266. The van der Waals surface area contributed by atoms with Crippen molar-refractivity contribution < 1.29 is 13.9 Å². The molecule has 2 rings (SSSR count). The zero-order valence-electron chi connectivity index (χ0n) is 10.7. The zero-order chi connectivity index (χ0) is 13.5. The summed E-state index contributed by atoms with van der Waals surface area (Å²) in [6.07, 6.45) is 3.98. The second-order valence-corrected chi connectivity index (χ2v) is 4.77. The van der Waals surface area contributed by atoms with Gasteiger partial charge in [0.15, 0.2) is 0 Å². The third kappa shape index (κ3) is 4.00. The predicted octanol–water partition coefficient (Wildman–Crippen LogP) is 4.39. The second-order valence-electron chi connectivity index (χ2n) is 4.39. The van der Waals surface area contributed by atoms with Gasteiger partial charge >= 0.3 is 5.97 Å². The lowest BCUT2D eigenvalue weighted by atomic mass is 10.2. The maximum Gasteiger partial charge on any atom is 0.374 e. The van der Waals surface area contributed by atoms with Crippen LogP contribution in [0.5, 0.6) is 0 Å². The number of benzene rings is 1. The van der Waals surface area contributed by atoms with Crippen molar-refractivity contribution in [1.29, 1.82) is 0 Å². The Balaban J connectivity index is 1.79. The van der Waals surface area contributed by atoms with Crippen LogP contribution in [0.15, 0.2) is 34.7 Å². The average molecular weight is 281 g/mol. The second kappa shape index (κ2) is 7.19. The largest absolute Gasteiger partial charge is 0.460 e. The van der Waals surface area contributed by atoms with Gasteiger partial charge in [0, 0.05) is 11.3 Å². The van der Waals surface area contributed by atoms with Gasteiger partial charge in [0.1, 0.15) is 5.58 Å². The lowest BCUT2D eigenvalue weighted by molar-refractivity contribution is 0.0464. The van der Waals surface area contributed by atoms with Gasteiger partial charge in [-0.15, -0.1) is 11.6 Å². The van der Waals surface area contributed by atoms with Gasteiger partial charge in [-0.05, 0) is 25.0 Å². The molecule has 4 heteroatoms. The minimum Gasteiger partial charge on any atom is -0.460 e. The van der Waals surface area contributed by atoms with Crippen LogP contribution in [0, 0.1) is 0 Å². The van der Waals surface area contributed by atoms with Crippen LogP contribution in [-0.2, 0) is 4.74 Å². The topological polar surface area (TPSA) is 39.4 Å². The molecule has 0 radical (unpaired) electrons. The Labute approximate surface area is 117 Å². The van der Waals surface area contributed by atoms with Crippen LogP contribution in [0.4, 0.5) is 0 Å². The van der Waals surface area contributed by atoms with Gasteiger partial charge in [0.05, 0.1) is 6.61 Å². The minimum atomic E-state index is -0.395. The molecule has 0 bridgehead atoms. The molecule has 0 aliphatic heterocycles. The molecule has 19 heavy (non-hydrogen) atoms. The molecular weight excluding hydrogens is 264 g/mol. The first kappa shape index (κ1) is 13.9. The van der Waals surface area contributed by atoms with Crippen molar-refractivity contribution in [3.8, 4) is 0 Å². The predicted molar refractivity (Wildman–Crippen MR) is 75.7 cm³/mol. The fourth-order valence-electron chi connectivity index (χ4n) is 1.87. The summed E-state index contributed by atoms with van der Waals surface area (Å²) in [5.41, 5.74) is 0.705. The molecule has 0 spiro atoms. The Morgan fingerprint density at radius 3 is 2.74 bits per heavy atom. The smallest absolute Gasteiger partial charge is 0.374 e. The van der Waals surface area contributed by atoms with Crippen molar-refractivity contribution in [3.05, 3.63) is 36.1 Å². The number of carbonyl (C=O) groups is 1. The maximum absolute atomic E-state index is 11.8. The number of fused-ring (bicyclic) bond motifs is 1. The summed E-state index contributed by atoms with van der Waals surface area (Å²) in [5.74, 6) is 0.564. The van der Waals surface area contributed by atoms with Gasteiger partial charge in [0.2, 0.25) is 5.76 Å². The molecule has 1 heterocycles. The summed E-state index contributed by atoms with van der Waals surface area (Å²) in [6, 6.07) is 9.23. The molecule has 1 aromatic carbocycles. The number of ether oxygens (including phenoxy) is 1. The third-order valence-corrected chi connectivity index (χ3v) is 3.16. The van der Waals surface area contributed by atoms with Crippen LogP contribution in [0.1, 0.15) is 36.2 Å². The molecule has 0 saturated heterocycles. The van der Waals surface area contributed by atoms with E-state index in [-0.39, 0.29) is 5.76 Å². The molecule has 2 aromatic rings. The summed E-state index contributed by atoms with van der Waals surface area (Å²) < 4.78 is 10.6. The summed E-state index contributed by atoms with van der Waals surface area (Å²) in [5, 5.41) is 0.913. The van der Waals surface area contributed by atoms with Gasteiger partial charge in [-0.3, -0.25) is 0 Å². The summed E-state index contributed by atoms with van der Waals surface area (Å²) in [6.45, 7) is 0.429. The van der Waals surface area contributed by atoms with Crippen molar-refractivity contribution in [3.63, 3.8) is 0 Å². The van der Waals surface area contributed by atoms with Crippen molar-refractivity contribution in [2.24, 2.45) is 0 Å². The molecule has 0 unspecified atom stereocenters. The summed E-state index contributed by atoms with van der Waals surface area (Å²) >= 11 is 5.59. The Hall–Kier alpha value is -1.48. The molecule has 3 nitrogen and oxygen atoms in total. The van der Waals surface area contributed by atoms with Gasteiger partial charge in [-0.2, -0.15) is 0 Å². The van der Waals surface area contributed by atoms with E-state index in [4.69, 9.17) is 20.8 Å². The monoisotopic (exact) mass is 280 g/mol. The molecule has 0 fully saturated rings. The molecule has 0 saturated carbocycles. The Morgan fingerprint density at radius 2 is 1.95 bits per heavy atom. The van der Waals surface area contributed by atoms with E-state index in [9.17, 15) is 4.79 Å². The average Bonchev–Trinajstić information content (AvgIpc) is 2.86. The lowest BCUT2D eigenvalue weighted by Gasteiger charge is -2.02. The van der Waals surface area contributed by atoms with Gasteiger partial charge in [0.25, 0.3) is 0 Å². The molecular formula is C15H17ClO3. The van der Waals surface area contributed by atoms with Crippen molar-refractivity contribution in [1.82, 2.24) is 0 Å². The van der Waals surface area contributed by atoms with Crippen LogP contribution in [0.2, 0.25) is 0 Å². The standard InChI is InChI=1S/C15H17ClO3/c16-9-5-1-2-6-10-18-15(17)14-11-12-7-3-4-8-13(12)19-14/h3-4,7-8,11H,1-2,5-6,9-10H2. The first-order chi connectivity index (χ1) is 9.31. The molecule has 0 atom stereocenters. The first-order valence-corrected chi connectivity index (χ1v) is 7.06. The van der Waals surface area contributed by atoms with Crippen molar-refractivity contribution >= 4 is 28.5 Å². The number of rotatable bonds is 7. The van der Waals surface area contributed by atoms with Crippen molar-refractivity contribution in [2.75, 3.05) is 12.5 Å². The van der Waals surface area contributed by atoms with Crippen LogP contribution in [-0.4, -0.2) is 18.5 Å². The fourth-order valence-corrected chi connectivity index (χ4v) is 2.06. The first-order valence-electron chi connectivity index (χ1n) is 6.53. The normalized spacial score (nSPS) is 10.8. The van der Waals surface area contributed by atoms with Gasteiger partial charge in [-0.25, -0.2) is 4.79 Å². The van der Waals surface area contributed by atoms with Crippen LogP contribution < -0.4 is 0 Å². The highest BCUT2D eigenvalue weighted by molar-refractivity contribution is 6.17. The van der Waals surface area contributed by atoms with Crippen LogP contribution >= 0.6 is 11.6 Å². The lowest BCUT2D eigenvalue weighted by Crippen LogP contribution is -2.05. The van der Waals surface area contributed by atoms with E-state index in [1.54, 1.807) is 6.07 Å². The van der Waals surface area contributed by atoms with Crippen LogP contribution in [0.3, 0.4) is 0 Å². The SMILES string of the molecule is O=C(OCCCCCCCl)c1cc2ccccc2o1. The molecule has 0 amide bonds. The number of alkyl halides is 1. The number of hydrogen-bond acceptors (Lipinski definition) is 3. The molecule has 102 valence electrons. The number of unbranched alkanes of at least 4 members (excludes halogenated alkanes) is 3. The number of esters is 1. The van der Waals surface area contributed by atoms with E-state index in [1.807, 2.05) is 24.3 Å². The van der Waals surface area contributed by atoms with E-state index in [1.165, 1.54) is 0 Å². The Morgan fingerprint density at radius 1 is 1.16 bits per heavy atom. The van der Waals surface area contributed by atoms with E-state index in [2.05, 4.69) is 0 Å². The summed E-state index contributed by atoms with van der Waals surface area (Å²) in [4.78, 5) is 11.8. The van der Waals surface area contributed by atoms with Crippen molar-refractivity contribution in [2.45, 2.75) is 25.7 Å². The highest BCUT2D eigenvalue weighted by Gasteiger charge is 2.12. The van der Waals surface area contributed by atoms with E-state index < -0.39 is 5.97 Å². The Kier molecular flexibility index (Phi) is 5.28.